The van der Waals surface area contributed by atoms with Crippen LogP contribution < -0.4 is 20.7 Å². The van der Waals surface area contributed by atoms with Crippen molar-refractivity contribution >= 4 is 45.2 Å². The van der Waals surface area contributed by atoms with Crippen molar-refractivity contribution in [3.63, 3.8) is 0 Å². The van der Waals surface area contributed by atoms with E-state index in [1.165, 1.54) is 33.0 Å². The number of ether oxygens (including phenoxy) is 2. The molecule has 3 aromatic rings. The van der Waals surface area contributed by atoms with E-state index in [0.29, 0.717) is 39.1 Å². The molecule has 16 nitrogen and oxygen atoms in total. The largest absolute Gasteiger partial charge is 0.484 e. The van der Waals surface area contributed by atoms with E-state index < -0.39 is 69.6 Å². The number of aliphatic hydroxyl groups is 1. The molecule has 4 rings (SSSR count). The topological polar surface area (TPSA) is 224 Å². The number of carbonyl (C=O) groups excluding carboxylic acids is 6. The number of rotatable bonds is 29. The molecule has 1 heterocycles. The van der Waals surface area contributed by atoms with Gasteiger partial charge in [0.25, 0.3) is 16.0 Å². The number of hydrogen-bond donors (Lipinski definition) is 4. The van der Waals surface area contributed by atoms with Gasteiger partial charge in [0.1, 0.15) is 28.6 Å². The Kier molecular flexibility index (Phi) is 22.3. The molecule has 384 valence electrons. The van der Waals surface area contributed by atoms with Crippen molar-refractivity contribution in [2.75, 3.05) is 53.1 Å². The Bertz CT molecular complexity index is 2310. The number of benzene rings is 3. The fourth-order valence-electron chi connectivity index (χ4n) is 8.53. The third-order valence-electron chi connectivity index (χ3n) is 12.2. The fraction of sp³-hybridized carbons (Fsp3) is 0.547. The molecule has 17 heteroatoms. The fourth-order valence-corrected chi connectivity index (χ4v) is 9.94. The van der Waals surface area contributed by atoms with Crippen LogP contribution in [-0.2, 0) is 60.6 Å². The van der Waals surface area contributed by atoms with E-state index in [9.17, 15) is 42.3 Å². The summed E-state index contributed by atoms with van der Waals surface area (Å²) in [6, 6.07) is 19.3. The number of hydrogen-bond acceptors (Lipinski definition) is 13. The highest BCUT2D eigenvalue weighted by molar-refractivity contribution is 7.86. The molecule has 5 atom stereocenters. The van der Waals surface area contributed by atoms with Crippen LogP contribution in [0.3, 0.4) is 0 Å². The zero-order valence-corrected chi connectivity index (χ0v) is 42.9. The maximum Gasteiger partial charge on any atom is 0.297 e. The summed E-state index contributed by atoms with van der Waals surface area (Å²) in [5.74, 6) is -4.52. The van der Waals surface area contributed by atoms with Gasteiger partial charge in [0.15, 0.2) is 18.2 Å². The van der Waals surface area contributed by atoms with Crippen LogP contribution in [0.15, 0.2) is 77.7 Å². The first-order chi connectivity index (χ1) is 33.1. The number of amides is 3. The summed E-state index contributed by atoms with van der Waals surface area (Å²) >= 11 is 0. The lowest BCUT2D eigenvalue weighted by Crippen LogP contribution is -2.54. The normalized spacial score (nSPS) is 15.8. The number of likely N-dealkylation sites (N-methyl/N-ethyl adjacent to an activating group) is 1. The van der Waals surface area contributed by atoms with Crippen LogP contribution in [0.4, 0.5) is 0 Å². The summed E-state index contributed by atoms with van der Waals surface area (Å²) < 4.78 is 43.5. The lowest BCUT2D eigenvalue weighted by atomic mass is 9.86. The zero-order valence-electron chi connectivity index (χ0n) is 42.1. The molecule has 0 spiro atoms. The van der Waals surface area contributed by atoms with Crippen LogP contribution in [0.2, 0.25) is 0 Å². The highest BCUT2D eigenvalue weighted by Crippen LogP contribution is 2.29. The predicted molar refractivity (Wildman–Crippen MR) is 265 cm³/mol. The van der Waals surface area contributed by atoms with Gasteiger partial charge in [-0.05, 0) is 99.1 Å². The van der Waals surface area contributed by atoms with Gasteiger partial charge in [-0.2, -0.15) is 8.42 Å². The van der Waals surface area contributed by atoms with Crippen molar-refractivity contribution in [1.82, 2.24) is 20.9 Å². The van der Waals surface area contributed by atoms with E-state index >= 15 is 0 Å². The predicted octanol–water partition coefficient (Wildman–Crippen LogP) is 4.87. The third-order valence-corrected chi connectivity index (χ3v) is 13.8. The summed E-state index contributed by atoms with van der Waals surface area (Å²) in [6.07, 6.45) is 1.04. The minimum Gasteiger partial charge on any atom is -0.484 e. The minimum absolute atomic E-state index is 0.00697. The number of morpholine rings is 1. The molecule has 1 saturated heterocycles. The number of nitrogens with zero attached hydrogens (tertiary/aromatic N) is 1. The summed E-state index contributed by atoms with van der Waals surface area (Å²) in [5, 5.41) is 19.8. The summed E-state index contributed by atoms with van der Waals surface area (Å²) in [4.78, 5) is 84.5. The third kappa shape index (κ3) is 18.4. The van der Waals surface area contributed by atoms with E-state index in [0.717, 1.165) is 18.1 Å². The molecule has 0 radical (unpaired) electrons. The van der Waals surface area contributed by atoms with Crippen LogP contribution >= 0.6 is 0 Å². The molecule has 1 aliphatic rings. The first-order valence-corrected chi connectivity index (χ1v) is 25.6. The van der Waals surface area contributed by atoms with Crippen molar-refractivity contribution in [1.29, 1.82) is 0 Å². The first-order valence-electron chi connectivity index (χ1n) is 24.2. The SMILES string of the molecule is CNC(=O)COc1cc(C)c(S(=O)(=O)OCC(C)(O)C(=O)[C@H](CC(C)C)NC(=O)[C@@H](CC(=O)[C@H](CC(C)C)NC(=O)[C@H](CCc2ccccc2)CC(=O)CN2CCOCC2)Cc2ccccc2)c(C)c1. The van der Waals surface area contributed by atoms with Crippen LogP contribution in [0.5, 0.6) is 5.75 Å². The Morgan fingerprint density at radius 2 is 1.33 bits per heavy atom. The first kappa shape index (κ1) is 57.3. The number of aryl methyl sites for hydroxylation is 3. The molecule has 0 aromatic heterocycles. The Labute approximate surface area is 414 Å². The van der Waals surface area contributed by atoms with Crippen molar-refractivity contribution < 1.29 is 55.9 Å². The second-order valence-electron chi connectivity index (χ2n) is 19.5. The van der Waals surface area contributed by atoms with E-state index in [4.69, 9.17) is 13.7 Å². The number of nitrogens with one attached hydrogen (secondary N) is 3. The van der Waals surface area contributed by atoms with Gasteiger partial charge in [-0.25, -0.2) is 0 Å². The smallest absolute Gasteiger partial charge is 0.297 e. The van der Waals surface area contributed by atoms with E-state index in [1.807, 2.05) is 81.1 Å². The lowest BCUT2D eigenvalue weighted by Gasteiger charge is -2.30. The molecule has 0 aliphatic carbocycles. The summed E-state index contributed by atoms with van der Waals surface area (Å²) in [7, 11) is -3.10. The minimum atomic E-state index is -4.56. The van der Waals surface area contributed by atoms with Gasteiger partial charge >= 0.3 is 0 Å². The van der Waals surface area contributed by atoms with Crippen molar-refractivity contribution in [2.24, 2.45) is 23.7 Å². The number of ketones is 3. The number of carbonyl (C=O) groups is 6. The van der Waals surface area contributed by atoms with Crippen molar-refractivity contribution in [2.45, 2.75) is 116 Å². The summed E-state index contributed by atoms with van der Waals surface area (Å²) in [5.41, 5.74) is -0.160. The van der Waals surface area contributed by atoms with Gasteiger partial charge in [-0.3, -0.25) is 37.9 Å². The van der Waals surface area contributed by atoms with Crippen molar-refractivity contribution in [3.05, 3.63) is 95.1 Å². The maximum atomic E-state index is 14.5. The highest BCUT2D eigenvalue weighted by Gasteiger charge is 2.41. The molecule has 3 amide bonds. The Hall–Kier alpha value is -5.33. The van der Waals surface area contributed by atoms with E-state index in [2.05, 4.69) is 16.0 Å². The molecule has 70 heavy (non-hydrogen) atoms. The molecular weight excluding hydrogens is 917 g/mol. The summed E-state index contributed by atoms with van der Waals surface area (Å²) in [6.45, 7) is 12.9. The van der Waals surface area contributed by atoms with Crippen LogP contribution in [0, 0.1) is 37.5 Å². The maximum absolute atomic E-state index is 14.5. The van der Waals surface area contributed by atoms with E-state index in [-0.39, 0.29) is 90.6 Å². The second-order valence-corrected chi connectivity index (χ2v) is 21.0. The number of Topliss-reactive ketones (excluding diaryl/α,β-unsaturated/α-hetero) is 3. The molecule has 0 bridgehead atoms. The Morgan fingerprint density at radius 1 is 0.786 bits per heavy atom. The molecular formula is C53H74N4O12S. The molecule has 0 saturated carbocycles. The van der Waals surface area contributed by atoms with Crippen LogP contribution in [0.25, 0.3) is 0 Å². The van der Waals surface area contributed by atoms with Crippen LogP contribution in [0.1, 0.15) is 89.0 Å². The molecule has 1 fully saturated rings. The van der Waals surface area contributed by atoms with Crippen molar-refractivity contribution in [3.8, 4) is 5.75 Å². The Morgan fingerprint density at radius 3 is 1.90 bits per heavy atom. The average molecular weight is 991 g/mol. The molecule has 3 aromatic carbocycles. The van der Waals surface area contributed by atoms with Gasteiger partial charge in [0, 0.05) is 44.8 Å². The highest BCUT2D eigenvalue weighted by atomic mass is 32.2. The van der Waals surface area contributed by atoms with Gasteiger partial charge in [0.2, 0.25) is 11.8 Å². The average Bonchev–Trinajstić information content (AvgIpc) is 3.30. The monoisotopic (exact) mass is 991 g/mol. The van der Waals surface area contributed by atoms with Gasteiger partial charge in [-0.15, -0.1) is 0 Å². The van der Waals surface area contributed by atoms with Gasteiger partial charge in [0.05, 0.1) is 31.8 Å². The molecule has 4 N–H and O–H groups in total. The van der Waals surface area contributed by atoms with Crippen LogP contribution in [-0.4, -0.2) is 124 Å². The standard InChI is InChI=1S/C53H74N4O12S/c1-35(2)25-45(55-51(62)41(20-19-39-15-11-9-12-16-39)30-43(58)32-57-21-23-67-24-22-57)47(59)31-42(29-40-17-13-10-14-18-40)52(63)56-46(26-36(3)4)50(61)53(7,64)34-69-70(65,66)49-37(5)27-44(28-38(49)6)68-33-48(60)54-8/h9-18,27-28,35-36,41-42,45-46,64H,19-26,29-34H2,1-8H3,(H,54,60)(H,55,62)(H,56,63)/t41-,42-,45+,46+,53?/m1/s1. The quantitative estimate of drug-likeness (QED) is 0.0683. The Balaban J connectivity index is 1.54. The lowest BCUT2D eigenvalue weighted by molar-refractivity contribution is -0.143. The molecule has 1 unspecified atom stereocenters. The zero-order chi connectivity index (χ0) is 51.6. The second kappa shape index (κ2) is 27.3. The molecule has 1 aliphatic heterocycles. The van der Waals surface area contributed by atoms with Gasteiger partial charge < -0.3 is 30.5 Å². The van der Waals surface area contributed by atoms with E-state index in [1.54, 1.807) is 12.1 Å². The van der Waals surface area contributed by atoms with Gasteiger partial charge in [-0.1, -0.05) is 88.4 Å².